The molecule has 1 aliphatic heterocycles. The standard InChI is InChI=1S/C18H21ClN2O/c19-17-7-5-16(6-8-17)18-14-21(11-12-22-18)10-2-4-15-3-1-9-20-13-15/h1,3,5-9,13,18H,2,4,10-12,14H2. The first-order valence-electron chi connectivity index (χ1n) is 7.79. The molecule has 22 heavy (non-hydrogen) atoms. The number of ether oxygens (including phenoxy) is 1. The molecule has 0 radical (unpaired) electrons. The number of aromatic nitrogens is 1. The van der Waals surface area contributed by atoms with Crippen LogP contribution >= 0.6 is 11.6 Å². The van der Waals surface area contributed by atoms with Gasteiger partial charge in [-0.1, -0.05) is 29.8 Å². The Bertz CT molecular complexity index is 573. The van der Waals surface area contributed by atoms with E-state index in [1.54, 1.807) is 0 Å². The number of hydrogen-bond acceptors (Lipinski definition) is 3. The fourth-order valence-electron chi connectivity index (χ4n) is 2.84. The Morgan fingerprint density at radius 2 is 2.09 bits per heavy atom. The Hall–Kier alpha value is -1.42. The number of nitrogens with zero attached hydrogens (tertiary/aromatic N) is 2. The van der Waals surface area contributed by atoms with E-state index in [2.05, 4.69) is 28.1 Å². The molecule has 1 aromatic heterocycles. The molecular weight excluding hydrogens is 296 g/mol. The number of halogens is 1. The van der Waals surface area contributed by atoms with Gasteiger partial charge in [0.05, 0.1) is 12.7 Å². The Morgan fingerprint density at radius 3 is 2.86 bits per heavy atom. The van der Waals surface area contributed by atoms with Gasteiger partial charge in [0.1, 0.15) is 0 Å². The first kappa shape index (κ1) is 15.5. The summed E-state index contributed by atoms with van der Waals surface area (Å²) in [5.74, 6) is 0. The third-order valence-electron chi connectivity index (χ3n) is 4.05. The maximum atomic E-state index is 5.95. The lowest BCUT2D eigenvalue weighted by molar-refractivity contribution is -0.0301. The van der Waals surface area contributed by atoms with Gasteiger partial charge in [-0.2, -0.15) is 0 Å². The zero-order chi connectivity index (χ0) is 15.2. The third kappa shape index (κ3) is 4.29. The largest absolute Gasteiger partial charge is 0.371 e. The smallest absolute Gasteiger partial charge is 0.0952 e. The van der Waals surface area contributed by atoms with Crippen molar-refractivity contribution >= 4 is 11.6 Å². The van der Waals surface area contributed by atoms with Gasteiger partial charge < -0.3 is 4.74 Å². The number of pyridine rings is 1. The molecular formula is C18H21ClN2O. The van der Waals surface area contributed by atoms with Gasteiger partial charge >= 0.3 is 0 Å². The average molecular weight is 317 g/mol. The van der Waals surface area contributed by atoms with E-state index in [0.717, 1.165) is 44.1 Å². The van der Waals surface area contributed by atoms with Crippen molar-refractivity contribution in [3.8, 4) is 0 Å². The van der Waals surface area contributed by atoms with Crippen LogP contribution in [0.4, 0.5) is 0 Å². The Morgan fingerprint density at radius 1 is 1.23 bits per heavy atom. The van der Waals surface area contributed by atoms with Crippen molar-refractivity contribution in [1.82, 2.24) is 9.88 Å². The molecule has 1 aromatic carbocycles. The molecule has 0 spiro atoms. The molecule has 0 saturated carbocycles. The molecule has 2 aromatic rings. The van der Waals surface area contributed by atoms with Crippen molar-refractivity contribution in [2.75, 3.05) is 26.2 Å². The van der Waals surface area contributed by atoms with Gasteiger partial charge in [-0.15, -0.1) is 0 Å². The predicted molar refractivity (Wildman–Crippen MR) is 89.1 cm³/mol. The quantitative estimate of drug-likeness (QED) is 0.840. The third-order valence-corrected chi connectivity index (χ3v) is 4.31. The van der Waals surface area contributed by atoms with Crippen LogP contribution in [-0.4, -0.2) is 36.1 Å². The summed E-state index contributed by atoms with van der Waals surface area (Å²) in [6, 6.07) is 12.1. The van der Waals surface area contributed by atoms with Crippen LogP contribution in [0.2, 0.25) is 5.02 Å². The van der Waals surface area contributed by atoms with Crippen molar-refractivity contribution in [1.29, 1.82) is 0 Å². The van der Waals surface area contributed by atoms with Gasteiger partial charge in [-0.25, -0.2) is 0 Å². The monoisotopic (exact) mass is 316 g/mol. The van der Waals surface area contributed by atoms with E-state index >= 15 is 0 Å². The average Bonchev–Trinajstić information content (AvgIpc) is 2.57. The van der Waals surface area contributed by atoms with Crippen molar-refractivity contribution in [3.05, 3.63) is 64.9 Å². The normalized spacial score (nSPS) is 19.2. The molecule has 0 bridgehead atoms. The molecule has 1 atom stereocenters. The molecule has 1 unspecified atom stereocenters. The second kappa shape index (κ2) is 7.73. The minimum atomic E-state index is 0.157. The Labute approximate surface area is 136 Å². The summed E-state index contributed by atoms with van der Waals surface area (Å²) in [4.78, 5) is 6.65. The Balaban J connectivity index is 1.49. The number of hydrogen-bond donors (Lipinski definition) is 0. The van der Waals surface area contributed by atoms with E-state index in [-0.39, 0.29) is 6.10 Å². The fraction of sp³-hybridized carbons (Fsp3) is 0.389. The van der Waals surface area contributed by atoms with Crippen LogP contribution in [0, 0.1) is 0 Å². The molecule has 3 rings (SSSR count). The summed E-state index contributed by atoms with van der Waals surface area (Å²) < 4.78 is 5.90. The lowest BCUT2D eigenvalue weighted by atomic mass is 10.1. The predicted octanol–water partition coefficient (Wildman–Crippen LogP) is 3.74. The first-order chi connectivity index (χ1) is 10.8. The van der Waals surface area contributed by atoms with Gasteiger partial charge in [-0.05, 0) is 48.7 Å². The van der Waals surface area contributed by atoms with E-state index in [4.69, 9.17) is 16.3 Å². The first-order valence-corrected chi connectivity index (χ1v) is 8.17. The van der Waals surface area contributed by atoms with Crippen molar-refractivity contribution in [2.45, 2.75) is 18.9 Å². The Kier molecular flexibility index (Phi) is 5.43. The fourth-order valence-corrected chi connectivity index (χ4v) is 2.96. The SMILES string of the molecule is Clc1ccc(C2CN(CCCc3cccnc3)CCO2)cc1. The van der Waals surface area contributed by atoms with Crippen LogP contribution in [0.25, 0.3) is 0 Å². The van der Waals surface area contributed by atoms with Gasteiger partial charge in [-0.3, -0.25) is 9.88 Å². The van der Waals surface area contributed by atoms with E-state index in [9.17, 15) is 0 Å². The van der Waals surface area contributed by atoms with Crippen LogP contribution < -0.4 is 0 Å². The lowest BCUT2D eigenvalue weighted by Gasteiger charge is -2.33. The maximum Gasteiger partial charge on any atom is 0.0952 e. The van der Waals surface area contributed by atoms with Crippen molar-refractivity contribution in [3.63, 3.8) is 0 Å². The van der Waals surface area contributed by atoms with E-state index in [0.29, 0.717) is 0 Å². The van der Waals surface area contributed by atoms with E-state index in [1.807, 2.05) is 30.6 Å². The highest BCUT2D eigenvalue weighted by atomic mass is 35.5. The molecule has 0 amide bonds. The van der Waals surface area contributed by atoms with Crippen LogP contribution in [0.3, 0.4) is 0 Å². The molecule has 116 valence electrons. The lowest BCUT2D eigenvalue weighted by Crippen LogP contribution is -2.38. The van der Waals surface area contributed by atoms with Crippen LogP contribution in [0.15, 0.2) is 48.8 Å². The summed E-state index contributed by atoms with van der Waals surface area (Å²) in [6.07, 6.45) is 6.16. The van der Waals surface area contributed by atoms with Gasteiger partial charge in [0.15, 0.2) is 0 Å². The van der Waals surface area contributed by atoms with Crippen molar-refractivity contribution in [2.24, 2.45) is 0 Å². The topological polar surface area (TPSA) is 25.4 Å². The molecule has 0 N–H and O–H groups in total. The molecule has 4 heteroatoms. The highest BCUT2D eigenvalue weighted by molar-refractivity contribution is 6.30. The van der Waals surface area contributed by atoms with Crippen LogP contribution in [-0.2, 0) is 11.2 Å². The molecule has 1 fully saturated rings. The number of aryl methyl sites for hydroxylation is 1. The number of benzene rings is 1. The molecule has 0 aliphatic carbocycles. The molecule has 3 nitrogen and oxygen atoms in total. The minimum absolute atomic E-state index is 0.157. The number of morpholine rings is 1. The summed E-state index contributed by atoms with van der Waals surface area (Å²) in [5, 5.41) is 0.771. The number of rotatable bonds is 5. The second-order valence-corrected chi connectivity index (χ2v) is 6.11. The minimum Gasteiger partial charge on any atom is -0.371 e. The second-order valence-electron chi connectivity index (χ2n) is 5.68. The van der Waals surface area contributed by atoms with Gasteiger partial charge in [0, 0.05) is 30.5 Å². The summed E-state index contributed by atoms with van der Waals surface area (Å²) >= 11 is 5.95. The van der Waals surface area contributed by atoms with Crippen LogP contribution in [0.5, 0.6) is 0 Å². The summed E-state index contributed by atoms with van der Waals surface area (Å²) in [7, 11) is 0. The zero-order valence-corrected chi connectivity index (χ0v) is 13.4. The maximum absolute atomic E-state index is 5.95. The summed E-state index contributed by atoms with van der Waals surface area (Å²) in [6.45, 7) is 3.86. The highest BCUT2D eigenvalue weighted by Gasteiger charge is 2.21. The van der Waals surface area contributed by atoms with Crippen LogP contribution in [0.1, 0.15) is 23.7 Å². The molecule has 1 saturated heterocycles. The van der Waals surface area contributed by atoms with E-state index < -0.39 is 0 Å². The molecule has 1 aliphatic rings. The summed E-state index contributed by atoms with van der Waals surface area (Å²) in [5.41, 5.74) is 2.52. The zero-order valence-electron chi connectivity index (χ0n) is 12.6. The highest BCUT2D eigenvalue weighted by Crippen LogP contribution is 2.23. The van der Waals surface area contributed by atoms with Gasteiger partial charge in [0.25, 0.3) is 0 Å². The van der Waals surface area contributed by atoms with Crippen molar-refractivity contribution < 1.29 is 4.74 Å². The van der Waals surface area contributed by atoms with E-state index in [1.165, 1.54) is 11.1 Å². The molecule has 2 heterocycles. The van der Waals surface area contributed by atoms with Gasteiger partial charge in [0.2, 0.25) is 0 Å².